The van der Waals surface area contributed by atoms with Gasteiger partial charge in [-0.15, -0.1) is 0 Å². The van der Waals surface area contributed by atoms with Gasteiger partial charge in [0.25, 0.3) is 0 Å². The van der Waals surface area contributed by atoms with Gasteiger partial charge in [-0.25, -0.2) is 14.6 Å². The Morgan fingerprint density at radius 3 is 2.85 bits per heavy atom. The summed E-state index contributed by atoms with van der Waals surface area (Å²) in [5.41, 5.74) is 0.497. The lowest BCUT2D eigenvalue weighted by molar-refractivity contribution is 0.0697. The summed E-state index contributed by atoms with van der Waals surface area (Å²) in [6.07, 6.45) is 1.56. The molecule has 7 heteroatoms. The molecular weight excluding hydrogens is 262 g/mol. The summed E-state index contributed by atoms with van der Waals surface area (Å²) in [4.78, 5) is 26.4. The van der Waals surface area contributed by atoms with Gasteiger partial charge in [0.1, 0.15) is 5.76 Å². The van der Waals surface area contributed by atoms with Crippen LogP contribution in [-0.2, 0) is 6.54 Å². The third-order valence-electron chi connectivity index (χ3n) is 2.44. The average molecular weight is 275 g/mol. The maximum absolute atomic E-state index is 11.6. The number of amides is 2. The maximum Gasteiger partial charge on any atom is 0.335 e. The van der Waals surface area contributed by atoms with Crippen LogP contribution < -0.4 is 10.6 Å². The Bertz CT molecular complexity index is 636. The van der Waals surface area contributed by atoms with Crippen molar-refractivity contribution in [2.24, 2.45) is 0 Å². The zero-order valence-electron chi connectivity index (χ0n) is 10.7. The number of aromatic carboxylic acids is 1. The Labute approximate surface area is 114 Å². The number of aromatic nitrogens is 1. The largest absolute Gasteiger partial charge is 0.478 e. The maximum atomic E-state index is 11.6. The van der Waals surface area contributed by atoms with Gasteiger partial charge < -0.3 is 20.2 Å². The minimum atomic E-state index is -1.05. The molecule has 0 radical (unpaired) electrons. The molecular formula is C13H13N3O4. The van der Waals surface area contributed by atoms with E-state index in [-0.39, 0.29) is 12.1 Å². The summed E-state index contributed by atoms with van der Waals surface area (Å²) < 4.78 is 5.20. The molecule has 0 aliphatic heterocycles. The number of nitrogens with zero attached hydrogens (tertiary/aromatic N) is 1. The number of carbonyl (C=O) groups is 2. The number of nitrogens with one attached hydrogen (secondary N) is 2. The van der Waals surface area contributed by atoms with Crippen molar-refractivity contribution in [2.45, 2.75) is 13.5 Å². The number of carboxylic acids is 1. The van der Waals surface area contributed by atoms with E-state index in [1.54, 1.807) is 25.3 Å². The molecule has 0 bridgehead atoms. The van der Waals surface area contributed by atoms with Gasteiger partial charge in [-0.05, 0) is 25.1 Å². The molecule has 0 saturated heterocycles. The molecule has 104 valence electrons. The highest BCUT2D eigenvalue weighted by Crippen LogP contribution is 2.10. The predicted octanol–water partition coefficient (Wildman–Crippen LogP) is 2.00. The van der Waals surface area contributed by atoms with Crippen LogP contribution in [0.1, 0.15) is 22.0 Å². The number of benzene rings is 1. The molecule has 0 spiro atoms. The first-order chi connectivity index (χ1) is 9.54. The first-order valence-electron chi connectivity index (χ1n) is 5.84. The van der Waals surface area contributed by atoms with Crippen molar-refractivity contribution >= 4 is 17.7 Å². The second-order valence-corrected chi connectivity index (χ2v) is 4.06. The Morgan fingerprint density at radius 2 is 2.20 bits per heavy atom. The third-order valence-corrected chi connectivity index (χ3v) is 2.44. The van der Waals surface area contributed by atoms with Crippen molar-refractivity contribution < 1.29 is 19.1 Å². The number of oxazole rings is 1. The van der Waals surface area contributed by atoms with Gasteiger partial charge in [-0.3, -0.25) is 0 Å². The normalized spacial score (nSPS) is 10.1. The number of aryl methyl sites for hydroxylation is 1. The zero-order chi connectivity index (χ0) is 14.5. The van der Waals surface area contributed by atoms with Gasteiger partial charge in [0, 0.05) is 5.69 Å². The summed E-state index contributed by atoms with van der Waals surface area (Å²) in [7, 11) is 0. The topological polar surface area (TPSA) is 104 Å². The van der Waals surface area contributed by atoms with Crippen molar-refractivity contribution in [1.29, 1.82) is 0 Å². The lowest BCUT2D eigenvalue weighted by atomic mass is 10.2. The molecule has 3 N–H and O–H groups in total. The standard InChI is InChI=1S/C13H13N3O4/c1-8-6-14-11(20-8)7-15-13(19)16-10-4-2-3-9(5-10)12(17)18/h2-6H,7H2,1H3,(H,17,18)(H2,15,16,19). The third kappa shape index (κ3) is 3.58. The Hall–Kier alpha value is -2.83. The molecule has 7 nitrogen and oxygen atoms in total. The van der Waals surface area contributed by atoms with Crippen LogP contribution in [-0.4, -0.2) is 22.1 Å². The van der Waals surface area contributed by atoms with Gasteiger partial charge in [-0.1, -0.05) is 6.07 Å². The van der Waals surface area contributed by atoms with E-state index in [1.807, 2.05) is 0 Å². The lowest BCUT2D eigenvalue weighted by Gasteiger charge is -2.06. The number of hydrogen-bond donors (Lipinski definition) is 3. The first-order valence-corrected chi connectivity index (χ1v) is 5.84. The number of urea groups is 1. The van der Waals surface area contributed by atoms with Gasteiger partial charge in [-0.2, -0.15) is 0 Å². The fourth-order valence-corrected chi connectivity index (χ4v) is 1.54. The van der Waals surface area contributed by atoms with Crippen LogP contribution in [0.4, 0.5) is 10.5 Å². The quantitative estimate of drug-likeness (QED) is 0.791. The fourth-order valence-electron chi connectivity index (χ4n) is 1.54. The van der Waals surface area contributed by atoms with Crippen molar-refractivity contribution in [3.63, 3.8) is 0 Å². The van der Waals surface area contributed by atoms with Crippen LogP contribution in [0.5, 0.6) is 0 Å². The number of rotatable bonds is 4. The number of hydrogen-bond acceptors (Lipinski definition) is 4. The molecule has 2 amide bonds. The molecule has 0 unspecified atom stereocenters. The molecule has 2 aromatic rings. The zero-order valence-corrected chi connectivity index (χ0v) is 10.7. The van der Waals surface area contributed by atoms with Gasteiger partial charge in [0.15, 0.2) is 0 Å². The molecule has 0 atom stereocenters. The summed E-state index contributed by atoms with van der Waals surface area (Å²) >= 11 is 0. The summed E-state index contributed by atoms with van der Waals surface area (Å²) in [5.74, 6) is 0.0117. The highest BCUT2D eigenvalue weighted by molar-refractivity contribution is 5.93. The minimum Gasteiger partial charge on any atom is -0.478 e. The second-order valence-electron chi connectivity index (χ2n) is 4.06. The average Bonchev–Trinajstić information content (AvgIpc) is 2.82. The van der Waals surface area contributed by atoms with E-state index in [1.165, 1.54) is 12.1 Å². The van der Waals surface area contributed by atoms with Crippen LogP contribution in [0.3, 0.4) is 0 Å². The molecule has 20 heavy (non-hydrogen) atoms. The van der Waals surface area contributed by atoms with Crippen molar-refractivity contribution in [2.75, 3.05) is 5.32 Å². The van der Waals surface area contributed by atoms with E-state index in [0.717, 1.165) is 0 Å². The summed E-state index contributed by atoms with van der Waals surface area (Å²) in [6, 6.07) is 5.50. The Balaban J connectivity index is 1.91. The molecule has 0 aliphatic carbocycles. The fraction of sp³-hybridized carbons (Fsp3) is 0.154. The van der Waals surface area contributed by atoms with Crippen molar-refractivity contribution in [3.8, 4) is 0 Å². The Kier molecular flexibility index (Phi) is 3.99. The van der Waals surface area contributed by atoms with Gasteiger partial charge in [0.05, 0.1) is 18.3 Å². The van der Waals surface area contributed by atoms with Crippen molar-refractivity contribution in [1.82, 2.24) is 10.3 Å². The Morgan fingerprint density at radius 1 is 1.40 bits per heavy atom. The highest BCUT2D eigenvalue weighted by Gasteiger charge is 2.07. The molecule has 1 heterocycles. The van der Waals surface area contributed by atoms with Crippen LogP contribution >= 0.6 is 0 Å². The molecule has 1 aromatic carbocycles. The van der Waals surface area contributed by atoms with Crippen molar-refractivity contribution in [3.05, 3.63) is 47.7 Å². The van der Waals surface area contributed by atoms with E-state index < -0.39 is 12.0 Å². The van der Waals surface area contributed by atoms with E-state index in [9.17, 15) is 9.59 Å². The monoisotopic (exact) mass is 275 g/mol. The van der Waals surface area contributed by atoms with Crippen LogP contribution in [0, 0.1) is 6.92 Å². The number of anilines is 1. The van der Waals surface area contributed by atoms with Gasteiger partial charge in [0.2, 0.25) is 5.89 Å². The number of carbonyl (C=O) groups excluding carboxylic acids is 1. The molecule has 0 aliphatic rings. The summed E-state index contributed by atoms with van der Waals surface area (Å²) in [5, 5.41) is 13.9. The minimum absolute atomic E-state index is 0.103. The van der Waals surface area contributed by atoms with E-state index in [2.05, 4.69) is 15.6 Å². The van der Waals surface area contributed by atoms with Gasteiger partial charge >= 0.3 is 12.0 Å². The van der Waals surface area contributed by atoms with E-state index in [0.29, 0.717) is 17.3 Å². The van der Waals surface area contributed by atoms with Crippen LogP contribution in [0.25, 0.3) is 0 Å². The second kappa shape index (κ2) is 5.87. The molecule has 1 aromatic heterocycles. The predicted molar refractivity (Wildman–Crippen MR) is 70.5 cm³/mol. The molecule has 0 saturated carbocycles. The molecule has 0 fully saturated rings. The highest BCUT2D eigenvalue weighted by atomic mass is 16.4. The SMILES string of the molecule is Cc1cnc(CNC(=O)Nc2cccc(C(=O)O)c2)o1. The number of carboxylic acid groups (broad SMARTS) is 1. The molecule has 2 rings (SSSR count). The first kappa shape index (κ1) is 13.6. The smallest absolute Gasteiger partial charge is 0.335 e. The van der Waals surface area contributed by atoms with Crippen LogP contribution in [0.15, 0.2) is 34.9 Å². The van der Waals surface area contributed by atoms with E-state index in [4.69, 9.17) is 9.52 Å². The lowest BCUT2D eigenvalue weighted by Crippen LogP contribution is -2.28. The van der Waals surface area contributed by atoms with E-state index >= 15 is 0 Å². The van der Waals surface area contributed by atoms with Crippen LogP contribution in [0.2, 0.25) is 0 Å². The summed E-state index contributed by atoms with van der Waals surface area (Å²) in [6.45, 7) is 1.91.